The predicted octanol–water partition coefficient (Wildman–Crippen LogP) is 3.14. The number of rotatable bonds is 5. The number of hydrogen-bond acceptors (Lipinski definition) is 4. The molecule has 0 amide bonds. The summed E-state index contributed by atoms with van der Waals surface area (Å²) in [5.41, 5.74) is 1.36. The van der Waals surface area contributed by atoms with Gasteiger partial charge in [-0.25, -0.2) is 0 Å². The number of carbonyl (C=O) groups excluding carboxylic acids is 1. The fourth-order valence-corrected chi connectivity index (χ4v) is 1.78. The second kappa shape index (κ2) is 6.20. The zero-order chi connectivity index (χ0) is 13.7. The molecule has 1 aromatic carbocycles. The first-order valence-corrected chi connectivity index (χ1v) is 5.96. The maximum Gasteiger partial charge on any atom is 0.150 e. The summed E-state index contributed by atoms with van der Waals surface area (Å²) in [6.07, 6.45) is 3.88. The van der Waals surface area contributed by atoms with Gasteiger partial charge in [0.05, 0.1) is 18.3 Å². The number of carbonyl (C=O) groups is 1. The third kappa shape index (κ3) is 3.45. The molecule has 0 atom stereocenters. The fourth-order valence-electron chi connectivity index (χ4n) is 1.62. The molecule has 5 heteroatoms. The zero-order valence-corrected chi connectivity index (χ0v) is 11.1. The maximum atomic E-state index is 10.8. The molecule has 98 valence electrons. The van der Waals surface area contributed by atoms with Crippen molar-refractivity contribution in [2.75, 3.05) is 7.11 Å². The zero-order valence-electron chi connectivity index (χ0n) is 10.3. The largest absolute Gasteiger partial charge is 0.496 e. The predicted molar refractivity (Wildman–Crippen MR) is 72.0 cm³/mol. The number of aldehydes is 1. The van der Waals surface area contributed by atoms with Crippen LogP contribution in [0.25, 0.3) is 0 Å². The van der Waals surface area contributed by atoms with E-state index >= 15 is 0 Å². The van der Waals surface area contributed by atoms with Crippen LogP contribution in [0.3, 0.4) is 0 Å². The van der Waals surface area contributed by atoms with Gasteiger partial charge < -0.3 is 9.47 Å². The normalized spacial score (nSPS) is 10.0. The molecule has 0 aliphatic rings. The molecule has 0 aliphatic heterocycles. The molecule has 0 N–H and O–H groups in total. The van der Waals surface area contributed by atoms with Gasteiger partial charge in [-0.05, 0) is 18.2 Å². The first-order valence-electron chi connectivity index (χ1n) is 5.58. The molecule has 2 aromatic rings. The van der Waals surface area contributed by atoms with Crippen LogP contribution in [0.1, 0.15) is 15.9 Å². The van der Waals surface area contributed by atoms with Crippen LogP contribution in [0.15, 0.2) is 36.7 Å². The Morgan fingerprint density at radius 3 is 2.84 bits per heavy atom. The van der Waals surface area contributed by atoms with E-state index in [1.54, 1.807) is 37.6 Å². The molecule has 1 heterocycles. The minimum Gasteiger partial charge on any atom is -0.496 e. The summed E-state index contributed by atoms with van der Waals surface area (Å²) < 4.78 is 10.8. The number of benzene rings is 1. The summed E-state index contributed by atoms with van der Waals surface area (Å²) in [5.74, 6) is 1.23. The maximum absolute atomic E-state index is 10.8. The van der Waals surface area contributed by atoms with Crippen molar-refractivity contribution in [3.63, 3.8) is 0 Å². The summed E-state index contributed by atoms with van der Waals surface area (Å²) >= 11 is 5.82. The monoisotopic (exact) mass is 277 g/mol. The Morgan fingerprint density at radius 2 is 2.16 bits per heavy atom. The first kappa shape index (κ1) is 13.4. The standard InChI is InChI=1S/C14H12ClNO3/c1-18-14-3-2-10(8-17)4-11(14)9-19-13-5-12(15)6-16-7-13/h2-8H,9H2,1H3. The second-order valence-electron chi connectivity index (χ2n) is 3.82. The number of methoxy groups -OCH3 is 1. The van der Waals surface area contributed by atoms with Gasteiger partial charge in [0, 0.05) is 23.4 Å². The highest BCUT2D eigenvalue weighted by atomic mass is 35.5. The first-order chi connectivity index (χ1) is 9.22. The lowest BCUT2D eigenvalue weighted by molar-refractivity contribution is 0.112. The van der Waals surface area contributed by atoms with E-state index in [2.05, 4.69) is 4.98 Å². The molecule has 19 heavy (non-hydrogen) atoms. The number of halogens is 1. The highest BCUT2D eigenvalue weighted by molar-refractivity contribution is 6.30. The molecule has 1 aromatic heterocycles. The van der Waals surface area contributed by atoms with Crippen LogP contribution in [-0.4, -0.2) is 18.4 Å². The van der Waals surface area contributed by atoms with Crippen molar-refractivity contribution in [2.24, 2.45) is 0 Å². The van der Waals surface area contributed by atoms with Crippen LogP contribution in [-0.2, 0) is 6.61 Å². The van der Waals surface area contributed by atoms with E-state index in [9.17, 15) is 4.79 Å². The van der Waals surface area contributed by atoms with Crippen LogP contribution in [0.2, 0.25) is 5.02 Å². The lowest BCUT2D eigenvalue weighted by atomic mass is 10.1. The summed E-state index contributed by atoms with van der Waals surface area (Å²) in [5, 5.41) is 0.506. The highest BCUT2D eigenvalue weighted by Gasteiger charge is 2.06. The van der Waals surface area contributed by atoms with E-state index in [-0.39, 0.29) is 6.61 Å². The molecule has 0 spiro atoms. The van der Waals surface area contributed by atoms with Gasteiger partial charge in [-0.15, -0.1) is 0 Å². The molecule has 0 saturated carbocycles. The number of ether oxygens (including phenoxy) is 2. The Hall–Kier alpha value is -2.07. The molecule has 2 rings (SSSR count). The van der Waals surface area contributed by atoms with E-state index in [4.69, 9.17) is 21.1 Å². The SMILES string of the molecule is COc1ccc(C=O)cc1COc1cncc(Cl)c1. The van der Waals surface area contributed by atoms with Gasteiger partial charge in [0.25, 0.3) is 0 Å². The van der Waals surface area contributed by atoms with Gasteiger partial charge in [0.2, 0.25) is 0 Å². The molecule has 0 radical (unpaired) electrons. The average Bonchev–Trinajstić information content (AvgIpc) is 2.45. The number of hydrogen-bond donors (Lipinski definition) is 0. The molecule has 0 fully saturated rings. The van der Waals surface area contributed by atoms with Gasteiger partial charge >= 0.3 is 0 Å². The van der Waals surface area contributed by atoms with Gasteiger partial charge in [-0.3, -0.25) is 9.78 Å². The molecule has 0 saturated heterocycles. The van der Waals surface area contributed by atoms with Crippen molar-refractivity contribution >= 4 is 17.9 Å². The molecular weight excluding hydrogens is 266 g/mol. The van der Waals surface area contributed by atoms with Gasteiger partial charge in [-0.1, -0.05) is 11.6 Å². The minimum atomic E-state index is 0.271. The van der Waals surface area contributed by atoms with Crippen LogP contribution in [0.5, 0.6) is 11.5 Å². The summed E-state index contributed by atoms with van der Waals surface area (Å²) in [4.78, 5) is 14.7. The van der Waals surface area contributed by atoms with Gasteiger partial charge in [0.1, 0.15) is 24.4 Å². The smallest absolute Gasteiger partial charge is 0.150 e. The van der Waals surface area contributed by atoms with Gasteiger partial charge in [-0.2, -0.15) is 0 Å². The Bertz CT molecular complexity index is 587. The number of aromatic nitrogens is 1. The number of pyridine rings is 1. The third-order valence-electron chi connectivity index (χ3n) is 2.51. The third-order valence-corrected chi connectivity index (χ3v) is 2.72. The van der Waals surface area contributed by atoms with E-state index in [0.717, 1.165) is 11.8 Å². The molecule has 0 bridgehead atoms. The van der Waals surface area contributed by atoms with Crippen molar-refractivity contribution in [1.82, 2.24) is 4.98 Å². The number of nitrogens with zero attached hydrogens (tertiary/aromatic N) is 1. The molecule has 4 nitrogen and oxygen atoms in total. The Morgan fingerprint density at radius 1 is 1.32 bits per heavy atom. The summed E-state index contributed by atoms with van der Waals surface area (Å²) in [6.45, 7) is 0.271. The van der Waals surface area contributed by atoms with Crippen molar-refractivity contribution in [3.8, 4) is 11.5 Å². The Kier molecular flexibility index (Phi) is 4.36. The van der Waals surface area contributed by atoms with Crippen LogP contribution >= 0.6 is 11.6 Å². The van der Waals surface area contributed by atoms with Crippen molar-refractivity contribution in [3.05, 3.63) is 52.8 Å². The lowest BCUT2D eigenvalue weighted by Crippen LogP contribution is -2.00. The average molecular weight is 278 g/mol. The summed E-state index contributed by atoms with van der Waals surface area (Å²) in [6, 6.07) is 6.82. The highest BCUT2D eigenvalue weighted by Crippen LogP contribution is 2.22. The minimum absolute atomic E-state index is 0.271. The molecule has 0 unspecified atom stereocenters. The molecule has 0 aliphatic carbocycles. The van der Waals surface area contributed by atoms with E-state index in [0.29, 0.717) is 22.1 Å². The van der Waals surface area contributed by atoms with Crippen LogP contribution < -0.4 is 9.47 Å². The fraction of sp³-hybridized carbons (Fsp3) is 0.143. The van der Waals surface area contributed by atoms with E-state index in [1.807, 2.05) is 0 Å². The van der Waals surface area contributed by atoms with E-state index in [1.165, 1.54) is 6.20 Å². The Balaban J connectivity index is 2.16. The Labute approximate surface area is 115 Å². The van der Waals surface area contributed by atoms with Crippen molar-refractivity contribution < 1.29 is 14.3 Å². The molecular formula is C14H12ClNO3. The lowest BCUT2D eigenvalue weighted by Gasteiger charge is -2.10. The quantitative estimate of drug-likeness (QED) is 0.788. The topological polar surface area (TPSA) is 48.4 Å². The van der Waals surface area contributed by atoms with Crippen LogP contribution in [0.4, 0.5) is 0 Å². The van der Waals surface area contributed by atoms with Crippen molar-refractivity contribution in [1.29, 1.82) is 0 Å². The van der Waals surface area contributed by atoms with Crippen LogP contribution in [0, 0.1) is 0 Å². The van der Waals surface area contributed by atoms with E-state index < -0.39 is 0 Å². The van der Waals surface area contributed by atoms with Crippen molar-refractivity contribution in [2.45, 2.75) is 6.61 Å². The second-order valence-corrected chi connectivity index (χ2v) is 4.25. The summed E-state index contributed by atoms with van der Waals surface area (Å²) in [7, 11) is 1.57. The van der Waals surface area contributed by atoms with Gasteiger partial charge in [0.15, 0.2) is 0 Å².